The van der Waals surface area contributed by atoms with E-state index in [0.29, 0.717) is 12.5 Å². The van der Waals surface area contributed by atoms with Crippen LogP contribution in [0, 0.1) is 5.92 Å². The summed E-state index contributed by atoms with van der Waals surface area (Å²) in [7, 11) is 0. The van der Waals surface area contributed by atoms with Crippen LogP contribution in [0.15, 0.2) is 30.6 Å². The molecule has 0 aliphatic heterocycles. The molecule has 1 aliphatic rings. The molecular formula is C14H19N3O. The van der Waals surface area contributed by atoms with E-state index < -0.39 is 0 Å². The van der Waals surface area contributed by atoms with Crippen LogP contribution in [0.5, 0.6) is 5.88 Å². The molecule has 0 spiro atoms. The van der Waals surface area contributed by atoms with Gasteiger partial charge in [0.1, 0.15) is 11.8 Å². The molecule has 1 aliphatic carbocycles. The lowest BCUT2D eigenvalue weighted by Gasteiger charge is -2.31. The minimum atomic E-state index is 0.247. The molecule has 0 amide bonds. The predicted molar refractivity (Wildman–Crippen MR) is 70.6 cm³/mol. The molecule has 0 aromatic carbocycles. The van der Waals surface area contributed by atoms with Gasteiger partial charge in [-0.1, -0.05) is 12.5 Å². The quantitative estimate of drug-likeness (QED) is 0.902. The lowest BCUT2D eigenvalue weighted by molar-refractivity contribution is 0.0910. The molecule has 4 nitrogen and oxygen atoms in total. The number of hydrogen-bond acceptors (Lipinski definition) is 3. The zero-order valence-corrected chi connectivity index (χ0v) is 10.5. The van der Waals surface area contributed by atoms with Crippen LogP contribution in [-0.2, 0) is 0 Å². The lowest BCUT2D eigenvalue weighted by Crippen LogP contribution is -2.35. The van der Waals surface area contributed by atoms with Gasteiger partial charge < -0.3 is 10.5 Å². The van der Waals surface area contributed by atoms with Crippen LogP contribution in [0.3, 0.4) is 0 Å². The Hall–Kier alpha value is -1.55. The molecule has 0 saturated heterocycles. The van der Waals surface area contributed by atoms with E-state index in [0.717, 1.165) is 17.9 Å². The molecule has 3 rings (SSSR count). The summed E-state index contributed by atoms with van der Waals surface area (Å²) >= 11 is 0. The van der Waals surface area contributed by atoms with Gasteiger partial charge >= 0.3 is 0 Å². The first-order valence-corrected chi connectivity index (χ1v) is 6.67. The van der Waals surface area contributed by atoms with Gasteiger partial charge in [-0.2, -0.15) is 0 Å². The van der Waals surface area contributed by atoms with Crippen LogP contribution in [0.2, 0.25) is 0 Å². The minimum absolute atomic E-state index is 0.247. The van der Waals surface area contributed by atoms with Crippen molar-refractivity contribution in [3.05, 3.63) is 30.6 Å². The third-order valence-electron chi connectivity index (χ3n) is 3.81. The fraction of sp³-hybridized carbons (Fsp3) is 0.500. The Morgan fingerprint density at radius 1 is 1.33 bits per heavy atom. The lowest BCUT2D eigenvalue weighted by atomic mass is 9.86. The first kappa shape index (κ1) is 11.5. The van der Waals surface area contributed by atoms with Crippen molar-refractivity contribution in [2.75, 3.05) is 6.54 Å². The second kappa shape index (κ2) is 4.98. The number of aromatic nitrogens is 2. The maximum Gasteiger partial charge on any atom is 0.199 e. The fourth-order valence-electron chi connectivity index (χ4n) is 2.77. The average Bonchev–Trinajstić information content (AvgIpc) is 2.89. The van der Waals surface area contributed by atoms with Crippen molar-refractivity contribution in [1.29, 1.82) is 0 Å². The Kier molecular flexibility index (Phi) is 3.19. The highest BCUT2D eigenvalue weighted by atomic mass is 16.5. The SMILES string of the molecule is NCC1CCCCC1Oc1cccc2nccn12. The third-order valence-corrected chi connectivity index (χ3v) is 3.81. The molecule has 2 aromatic rings. The number of fused-ring (bicyclic) bond motifs is 1. The number of nitrogens with two attached hydrogens (primary N) is 1. The summed E-state index contributed by atoms with van der Waals surface area (Å²) in [6.07, 6.45) is 8.78. The van der Waals surface area contributed by atoms with Crippen molar-refractivity contribution in [2.24, 2.45) is 11.7 Å². The van der Waals surface area contributed by atoms with Gasteiger partial charge in [0.15, 0.2) is 5.88 Å². The molecule has 2 aromatic heterocycles. The Morgan fingerprint density at radius 2 is 2.22 bits per heavy atom. The first-order chi connectivity index (χ1) is 8.88. The van der Waals surface area contributed by atoms with E-state index in [9.17, 15) is 0 Å². The van der Waals surface area contributed by atoms with Crippen molar-refractivity contribution in [3.8, 4) is 5.88 Å². The Morgan fingerprint density at radius 3 is 3.11 bits per heavy atom. The molecular weight excluding hydrogens is 226 g/mol. The minimum Gasteiger partial charge on any atom is -0.475 e. The number of imidazole rings is 1. The molecule has 0 radical (unpaired) electrons. The van der Waals surface area contributed by atoms with Crippen molar-refractivity contribution in [1.82, 2.24) is 9.38 Å². The summed E-state index contributed by atoms with van der Waals surface area (Å²) in [6.45, 7) is 0.713. The molecule has 2 unspecified atom stereocenters. The molecule has 2 atom stereocenters. The Balaban J connectivity index is 1.84. The van der Waals surface area contributed by atoms with E-state index in [4.69, 9.17) is 10.5 Å². The number of pyridine rings is 1. The number of ether oxygens (including phenoxy) is 1. The summed E-state index contributed by atoms with van der Waals surface area (Å²) in [6, 6.07) is 5.96. The maximum atomic E-state index is 6.17. The van der Waals surface area contributed by atoms with Crippen molar-refractivity contribution in [2.45, 2.75) is 31.8 Å². The largest absolute Gasteiger partial charge is 0.475 e. The van der Waals surface area contributed by atoms with Gasteiger partial charge in [-0.05, 0) is 37.9 Å². The highest BCUT2D eigenvalue weighted by Crippen LogP contribution is 2.28. The van der Waals surface area contributed by atoms with E-state index in [1.54, 1.807) is 6.20 Å². The molecule has 2 N–H and O–H groups in total. The molecule has 4 heteroatoms. The third kappa shape index (κ3) is 2.08. The van der Waals surface area contributed by atoms with Crippen LogP contribution in [0.25, 0.3) is 5.65 Å². The van der Waals surface area contributed by atoms with E-state index in [1.165, 1.54) is 19.3 Å². The van der Waals surface area contributed by atoms with Gasteiger partial charge in [0.25, 0.3) is 0 Å². The normalized spacial score (nSPS) is 24.3. The average molecular weight is 245 g/mol. The molecule has 96 valence electrons. The highest BCUT2D eigenvalue weighted by molar-refractivity contribution is 5.41. The van der Waals surface area contributed by atoms with Crippen molar-refractivity contribution in [3.63, 3.8) is 0 Å². The number of hydrogen-bond donors (Lipinski definition) is 1. The van der Waals surface area contributed by atoms with E-state index in [2.05, 4.69) is 4.98 Å². The van der Waals surface area contributed by atoms with E-state index in [1.807, 2.05) is 28.8 Å². The van der Waals surface area contributed by atoms with Crippen molar-refractivity contribution >= 4 is 5.65 Å². The summed E-state index contributed by atoms with van der Waals surface area (Å²) in [5.41, 5.74) is 6.76. The van der Waals surface area contributed by atoms with Crippen LogP contribution >= 0.6 is 0 Å². The van der Waals surface area contributed by atoms with Gasteiger partial charge in [0.2, 0.25) is 0 Å². The first-order valence-electron chi connectivity index (χ1n) is 6.67. The summed E-state index contributed by atoms with van der Waals surface area (Å²) in [5, 5.41) is 0. The molecule has 0 bridgehead atoms. The number of nitrogens with zero attached hydrogens (tertiary/aromatic N) is 2. The van der Waals surface area contributed by atoms with Crippen molar-refractivity contribution < 1.29 is 4.74 Å². The van der Waals surface area contributed by atoms with Crippen LogP contribution in [0.4, 0.5) is 0 Å². The predicted octanol–water partition coefficient (Wildman–Crippen LogP) is 2.23. The van der Waals surface area contributed by atoms with E-state index >= 15 is 0 Å². The van der Waals surface area contributed by atoms with Gasteiger partial charge in [0.05, 0.1) is 0 Å². The number of rotatable bonds is 3. The van der Waals surface area contributed by atoms with Gasteiger partial charge in [0, 0.05) is 18.3 Å². The van der Waals surface area contributed by atoms with E-state index in [-0.39, 0.29) is 6.10 Å². The molecule has 1 saturated carbocycles. The zero-order valence-electron chi connectivity index (χ0n) is 10.5. The maximum absolute atomic E-state index is 6.17. The topological polar surface area (TPSA) is 52.5 Å². The van der Waals surface area contributed by atoms with Crippen LogP contribution < -0.4 is 10.5 Å². The second-order valence-corrected chi connectivity index (χ2v) is 4.96. The second-order valence-electron chi connectivity index (χ2n) is 4.96. The Labute approximate surface area is 107 Å². The summed E-state index contributed by atoms with van der Waals surface area (Å²) in [4.78, 5) is 4.27. The monoisotopic (exact) mass is 245 g/mol. The van der Waals surface area contributed by atoms with Gasteiger partial charge in [-0.25, -0.2) is 4.98 Å². The Bertz CT molecular complexity index is 522. The van der Waals surface area contributed by atoms with Crippen LogP contribution in [0.1, 0.15) is 25.7 Å². The molecule has 18 heavy (non-hydrogen) atoms. The fourth-order valence-corrected chi connectivity index (χ4v) is 2.77. The zero-order chi connectivity index (χ0) is 12.4. The van der Waals surface area contributed by atoms with Crippen LogP contribution in [-0.4, -0.2) is 22.0 Å². The summed E-state index contributed by atoms with van der Waals surface area (Å²) < 4.78 is 8.16. The highest BCUT2D eigenvalue weighted by Gasteiger charge is 2.26. The van der Waals surface area contributed by atoms with Gasteiger partial charge in [-0.15, -0.1) is 0 Å². The smallest absolute Gasteiger partial charge is 0.199 e. The van der Waals surface area contributed by atoms with Gasteiger partial charge in [-0.3, -0.25) is 4.40 Å². The summed E-state index contributed by atoms with van der Waals surface area (Å²) in [5.74, 6) is 1.35. The molecule has 1 fully saturated rings. The standard InChI is InChI=1S/C14H19N3O/c15-10-11-4-1-2-5-12(11)18-14-7-3-6-13-16-8-9-17(13)14/h3,6-9,11-12H,1-2,4-5,10,15H2. The molecule has 2 heterocycles.